The van der Waals surface area contributed by atoms with Crippen molar-refractivity contribution >= 4 is 21.6 Å². The molecular weight excluding hydrogens is 328 g/mol. The third kappa shape index (κ3) is 2.05. The number of phenolic OH excluding ortho intramolecular Hbond substituents is 1. The Balaban J connectivity index is 1.97. The number of para-hydroxylation sites is 1. The highest BCUT2D eigenvalue weighted by molar-refractivity contribution is 9.10. The number of phenols is 1. The van der Waals surface area contributed by atoms with Gasteiger partial charge in [0.25, 0.3) is 0 Å². The Morgan fingerprint density at radius 1 is 1.19 bits per heavy atom. The number of fused-ring (bicyclic) bond motifs is 3. The van der Waals surface area contributed by atoms with Crippen LogP contribution in [0.25, 0.3) is 5.65 Å². The highest BCUT2D eigenvalue weighted by Crippen LogP contribution is 2.40. The van der Waals surface area contributed by atoms with E-state index >= 15 is 0 Å². The normalized spacial score (nSPS) is 17.9. The minimum absolute atomic E-state index is 0.208. The number of aromatic nitrogens is 2. The summed E-state index contributed by atoms with van der Waals surface area (Å²) in [6, 6.07) is 11.7. The minimum atomic E-state index is 0.208. The molecular formula is C17H15BrN2O. The van der Waals surface area contributed by atoms with Crippen LogP contribution in [0, 0.1) is 0 Å². The molecule has 1 N–H and O–H groups in total. The second kappa shape index (κ2) is 4.88. The molecule has 1 aromatic carbocycles. The van der Waals surface area contributed by atoms with Gasteiger partial charge < -0.3 is 9.51 Å². The maximum atomic E-state index is 10.2. The number of aryl methyl sites for hydroxylation is 1. The number of imidazole rings is 1. The predicted molar refractivity (Wildman–Crippen MR) is 85.8 cm³/mol. The van der Waals surface area contributed by atoms with Gasteiger partial charge in [0.15, 0.2) is 0 Å². The van der Waals surface area contributed by atoms with E-state index in [9.17, 15) is 5.11 Å². The number of rotatable bonds is 1. The lowest BCUT2D eigenvalue weighted by atomic mass is 9.84. The van der Waals surface area contributed by atoms with Crippen molar-refractivity contribution in [2.45, 2.75) is 25.2 Å². The lowest BCUT2D eigenvalue weighted by molar-refractivity contribution is 0.458. The molecule has 2 heterocycles. The maximum absolute atomic E-state index is 10.2. The number of nitrogens with zero attached hydrogens (tertiary/aromatic N) is 2. The van der Waals surface area contributed by atoms with Crippen molar-refractivity contribution in [2.75, 3.05) is 0 Å². The fourth-order valence-electron chi connectivity index (χ4n) is 3.33. The summed E-state index contributed by atoms with van der Waals surface area (Å²) in [5, 5.41) is 10.2. The topological polar surface area (TPSA) is 37.5 Å². The zero-order valence-electron chi connectivity index (χ0n) is 11.5. The molecule has 2 aromatic heterocycles. The number of hydrogen-bond acceptors (Lipinski definition) is 2. The number of pyridine rings is 1. The van der Waals surface area contributed by atoms with Crippen LogP contribution in [-0.2, 0) is 6.42 Å². The molecule has 0 bridgehead atoms. The van der Waals surface area contributed by atoms with Crippen LogP contribution in [0.15, 0.2) is 47.1 Å². The molecule has 21 heavy (non-hydrogen) atoms. The van der Waals surface area contributed by atoms with E-state index in [1.165, 1.54) is 5.69 Å². The Kier molecular flexibility index (Phi) is 3.00. The summed E-state index contributed by atoms with van der Waals surface area (Å²) in [5.41, 5.74) is 4.36. The van der Waals surface area contributed by atoms with E-state index < -0.39 is 0 Å². The van der Waals surface area contributed by atoms with E-state index in [0.29, 0.717) is 5.75 Å². The molecule has 3 aromatic rings. The van der Waals surface area contributed by atoms with Crippen molar-refractivity contribution in [1.82, 2.24) is 9.38 Å². The van der Waals surface area contributed by atoms with E-state index in [1.54, 1.807) is 6.07 Å². The molecule has 1 atom stereocenters. The second-order valence-corrected chi connectivity index (χ2v) is 6.44. The average molecular weight is 343 g/mol. The summed E-state index contributed by atoms with van der Waals surface area (Å²) < 4.78 is 3.20. The first-order chi connectivity index (χ1) is 10.2. The van der Waals surface area contributed by atoms with Gasteiger partial charge in [-0.25, -0.2) is 4.98 Å². The lowest BCUT2D eigenvalue weighted by Gasteiger charge is -2.23. The Morgan fingerprint density at radius 2 is 2.05 bits per heavy atom. The first-order valence-corrected chi connectivity index (χ1v) is 7.97. The maximum Gasteiger partial charge on any atom is 0.137 e. The SMILES string of the molecule is Oc1ccccc1C1CCCc2nc3ccc(Br)cn3c21. The summed E-state index contributed by atoms with van der Waals surface area (Å²) >= 11 is 3.54. The average Bonchev–Trinajstić information content (AvgIpc) is 2.86. The Labute approximate surface area is 131 Å². The number of hydrogen-bond donors (Lipinski definition) is 1. The molecule has 0 spiro atoms. The van der Waals surface area contributed by atoms with Gasteiger partial charge in [0.1, 0.15) is 11.4 Å². The molecule has 0 fully saturated rings. The molecule has 0 saturated carbocycles. The van der Waals surface area contributed by atoms with Crippen LogP contribution in [-0.4, -0.2) is 14.5 Å². The molecule has 1 aliphatic rings. The molecule has 4 rings (SSSR count). The van der Waals surface area contributed by atoms with E-state index in [4.69, 9.17) is 4.98 Å². The second-order valence-electron chi connectivity index (χ2n) is 5.52. The summed E-state index contributed by atoms with van der Waals surface area (Å²) in [4.78, 5) is 4.76. The van der Waals surface area contributed by atoms with Crippen LogP contribution < -0.4 is 0 Å². The van der Waals surface area contributed by atoms with Crippen LogP contribution in [0.1, 0.15) is 35.7 Å². The van der Waals surface area contributed by atoms with Gasteiger partial charge in [-0.2, -0.15) is 0 Å². The van der Waals surface area contributed by atoms with E-state index in [-0.39, 0.29) is 5.92 Å². The zero-order valence-corrected chi connectivity index (χ0v) is 13.0. The molecule has 0 radical (unpaired) electrons. The van der Waals surface area contributed by atoms with E-state index in [1.807, 2.05) is 30.3 Å². The molecule has 4 heteroatoms. The van der Waals surface area contributed by atoms with Gasteiger partial charge in [0.05, 0.1) is 11.4 Å². The van der Waals surface area contributed by atoms with Crippen molar-refractivity contribution < 1.29 is 5.11 Å². The predicted octanol–water partition coefficient (Wildman–Crippen LogP) is 4.27. The van der Waals surface area contributed by atoms with Crippen molar-refractivity contribution in [3.05, 3.63) is 64.0 Å². The van der Waals surface area contributed by atoms with Gasteiger partial charge in [-0.3, -0.25) is 0 Å². The lowest BCUT2D eigenvalue weighted by Crippen LogP contribution is -2.13. The quantitative estimate of drug-likeness (QED) is 0.716. The van der Waals surface area contributed by atoms with Gasteiger partial charge in [0.2, 0.25) is 0 Å². The number of benzene rings is 1. The fraction of sp³-hybridized carbons (Fsp3) is 0.235. The van der Waals surface area contributed by atoms with Crippen molar-refractivity contribution in [3.63, 3.8) is 0 Å². The molecule has 0 aliphatic heterocycles. The molecule has 1 unspecified atom stereocenters. The summed E-state index contributed by atoms with van der Waals surface area (Å²) in [7, 11) is 0. The first kappa shape index (κ1) is 12.9. The van der Waals surface area contributed by atoms with Gasteiger partial charge >= 0.3 is 0 Å². The van der Waals surface area contributed by atoms with Crippen molar-refractivity contribution in [3.8, 4) is 5.75 Å². The Morgan fingerprint density at radius 3 is 2.90 bits per heavy atom. The van der Waals surface area contributed by atoms with Gasteiger partial charge in [-0.1, -0.05) is 18.2 Å². The van der Waals surface area contributed by atoms with Gasteiger partial charge in [-0.15, -0.1) is 0 Å². The Bertz CT molecular complexity index is 825. The van der Waals surface area contributed by atoms with Crippen molar-refractivity contribution in [2.24, 2.45) is 0 Å². The summed E-state index contributed by atoms with van der Waals surface area (Å²) in [5.74, 6) is 0.583. The molecule has 0 amide bonds. The molecule has 106 valence electrons. The number of halogens is 1. The third-order valence-electron chi connectivity index (χ3n) is 4.24. The summed E-state index contributed by atoms with van der Waals surface area (Å²) in [6.45, 7) is 0. The summed E-state index contributed by atoms with van der Waals surface area (Å²) in [6.07, 6.45) is 5.24. The smallest absolute Gasteiger partial charge is 0.137 e. The molecule has 3 nitrogen and oxygen atoms in total. The highest BCUT2D eigenvalue weighted by Gasteiger charge is 2.28. The number of aromatic hydroxyl groups is 1. The van der Waals surface area contributed by atoms with E-state index in [0.717, 1.165) is 40.6 Å². The molecule has 0 saturated heterocycles. The Hall–Kier alpha value is -1.81. The first-order valence-electron chi connectivity index (χ1n) is 7.18. The van der Waals surface area contributed by atoms with Gasteiger partial charge in [0, 0.05) is 22.2 Å². The third-order valence-corrected chi connectivity index (χ3v) is 4.71. The van der Waals surface area contributed by atoms with Crippen LogP contribution in [0.4, 0.5) is 0 Å². The van der Waals surface area contributed by atoms with Crippen LogP contribution in [0.5, 0.6) is 5.75 Å². The zero-order chi connectivity index (χ0) is 14.4. The van der Waals surface area contributed by atoms with Gasteiger partial charge in [-0.05, 0) is 53.4 Å². The molecule has 1 aliphatic carbocycles. The fourth-order valence-corrected chi connectivity index (χ4v) is 3.67. The minimum Gasteiger partial charge on any atom is -0.508 e. The standard InChI is InChI=1S/C17H15BrN2O/c18-11-8-9-16-19-14-6-3-5-13(17(14)20(16)10-11)12-4-1-2-7-15(12)21/h1-2,4,7-10,13,21H,3,5-6H2. The monoisotopic (exact) mass is 342 g/mol. The van der Waals surface area contributed by atoms with Crippen LogP contribution in [0.3, 0.4) is 0 Å². The largest absolute Gasteiger partial charge is 0.508 e. The van der Waals surface area contributed by atoms with Crippen molar-refractivity contribution in [1.29, 1.82) is 0 Å². The van der Waals surface area contributed by atoms with Crippen LogP contribution >= 0.6 is 15.9 Å². The van der Waals surface area contributed by atoms with E-state index in [2.05, 4.69) is 26.5 Å². The highest BCUT2D eigenvalue weighted by atomic mass is 79.9. The van der Waals surface area contributed by atoms with Crippen LogP contribution in [0.2, 0.25) is 0 Å².